The van der Waals surface area contributed by atoms with Crippen molar-refractivity contribution in [2.75, 3.05) is 5.32 Å². The van der Waals surface area contributed by atoms with Crippen molar-refractivity contribution in [2.24, 2.45) is 0 Å². The van der Waals surface area contributed by atoms with Gasteiger partial charge in [-0.05, 0) is 12.1 Å². The number of para-hydroxylation sites is 1. The Morgan fingerprint density at radius 2 is 2.11 bits per heavy atom. The number of carboxylic acids is 1. The zero-order valence-corrected chi connectivity index (χ0v) is 12.2. The third-order valence-electron chi connectivity index (χ3n) is 2.90. The zero-order chi connectivity index (χ0) is 12.9. The third kappa shape index (κ3) is 2.09. The number of carboxylic acid groups (broad SMARTS) is 1. The third-order valence-corrected chi connectivity index (χ3v) is 2.90. The van der Waals surface area contributed by atoms with E-state index in [9.17, 15) is 19.5 Å². The molecule has 1 N–H and O–H groups in total. The first kappa shape index (κ1) is 13.9. The summed E-state index contributed by atoms with van der Waals surface area (Å²) in [7, 11) is 0. The fourth-order valence-electron chi connectivity index (χ4n) is 2.24. The topological polar surface area (TPSA) is 96.2 Å². The van der Waals surface area contributed by atoms with Crippen molar-refractivity contribution >= 4 is 28.6 Å². The van der Waals surface area contributed by atoms with Gasteiger partial charge in [0.25, 0.3) is 0 Å². The minimum absolute atomic E-state index is 0. The molecule has 0 bridgehead atoms. The van der Waals surface area contributed by atoms with Crippen molar-refractivity contribution < 1.29 is 44.3 Å². The molecule has 1 amide bonds. The van der Waals surface area contributed by atoms with Gasteiger partial charge in [-0.2, -0.15) is 0 Å². The average Bonchev–Trinajstić information content (AvgIpc) is 2.56. The van der Waals surface area contributed by atoms with E-state index in [1.54, 1.807) is 18.2 Å². The maximum absolute atomic E-state index is 12.0. The summed E-state index contributed by atoms with van der Waals surface area (Å²) < 4.78 is 2.36. The van der Waals surface area contributed by atoms with E-state index in [0.29, 0.717) is 16.7 Å². The summed E-state index contributed by atoms with van der Waals surface area (Å²) in [6.07, 6.45) is 0. The van der Waals surface area contributed by atoms with Crippen molar-refractivity contribution in [3.05, 3.63) is 28.7 Å². The largest absolute Gasteiger partial charge is 1.00 e. The Kier molecular flexibility index (Phi) is 3.53. The van der Waals surface area contributed by atoms with Crippen LogP contribution in [0.5, 0.6) is 0 Å². The number of hydrogen-bond acceptors (Lipinski definition) is 4. The molecule has 1 aromatic heterocycles. The van der Waals surface area contributed by atoms with E-state index < -0.39 is 18.2 Å². The van der Waals surface area contributed by atoms with E-state index in [0.717, 1.165) is 4.57 Å². The maximum Gasteiger partial charge on any atom is 1.00 e. The van der Waals surface area contributed by atoms with Crippen LogP contribution in [0.1, 0.15) is 0 Å². The Bertz CT molecular complexity index is 746. The second kappa shape index (κ2) is 4.84. The van der Waals surface area contributed by atoms with Crippen LogP contribution in [0.2, 0.25) is 0 Å². The van der Waals surface area contributed by atoms with Gasteiger partial charge >= 0.3 is 35.2 Å². The number of rotatable bonds is 2. The van der Waals surface area contributed by atoms with Crippen LogP contribution in [0.4, 0.5) is 5.69 Å². The molecule has 0 radical (unpaired) electrons. The monoisotopic (exact) mass is 269 g/mol. The van der Waals surface area contributed by atoms with E-state index in [-0.39, 0.29) is 42.0 Å². The van der Waals surface area contributed by atoms with Crippen LogP contribution in [0, 0.1) is 0 Å². The Balaban J connectivity index is 0.00000133. The van der Waals surface area contributed by atoms with Gasteiger partial charge in [-0.15, -0.1) is 0 Å². The molecule has 0 saturated carbocycles. The summed E-state index contributed by atoms with van der Waals surface area (Å²) in [5.41, 5.74) is 1.01. The van der Waals surface area contributed by atoms with Crippen molar-refractivity contribution in [2.45, 2.75) is 13.1 Å². The van der Waals surface area contributed by atoms with Crippen molar-refractivity contribution in [1.29, 1.82) is 0 Å². The average molecular weight is 269 g/mol. The predicted octanol–water partition coefficient (Wildman–Crippen LogP) is -4.49. The molecule has 92 valence electrons. The normalized spacial score (nSPS) is 12.9. The van der Waals surface area contributed by atoms with Gasteiger partial charge in [-0.1, -0.05) is 6.07 Å². The minimum atomic E-state index is -1.35. The number of nitrogens with one attached hydrogen (secondary N) is 1. The number of imidazole rings is 1. The number of amides is 1. The molecule has 2 aromatic rings. The van der Waals surface area contributed by atoms with Crippen LogP contribution in [-0.4, -0.2) is 21.0 Å². The van der Waals surface area contributed by atoms with Crippen molar-refractivity contribution in [3.8, 4) is 0 Å². The minimum Gasteiger partial charge on any atom is -0.548 e. The number of hydrogen-bond donors (Lipinski definition) is 1. The molecule has 0 unspecified atom stereocenters. The van der Waals surface area contributed by atoms with E-state index in [1.165, 1.54) is 4.57 Å². The number of carbonyl (C=O) groups excluding carboxylic acids is 2. The van der Waals surface area contributed by atoms with E-state index in [2.05, 4.69) is 5.32 Å². The van der Waals surface area contributed by atoms with Crippen LogP contribution in [0.15, 0.2) is 23.0 Å². The molecule has 2 heterocycles. The molecule has 8 heteroatoms. The molecule has 3 rings (SSSR count). The first-order valence-corrected chi connectivity index (χ1v) is 5.29. The number of aliphatic carboxylic acids is 1. The first-order valence-electron chi connectivity index (χ1n) is 5.29. The molecule has 0 atom stereocenters. The van der Waals surface area contributed by atoms with E-state index in [1.807, 2.05) is 0 Å². The van der Waals surface area contributed by atoms with Crippen molar-refractivity contribution in [1.82, 2.24) is 9.13 Å². The molecule has 0 spiro atoms. The zero-order valence-electron chi connectivity index (χ0n) is 10.2. The fraction of sp³-hybridized carbons (Fsp3) is 0.182. The van der Waals surface area contributed by atoms with Gasteiger partial charge < -0.3 is 15.2 Å². The number of carbonyl (C=O) groups is 2. The van der Waals surface area contributed by atoms with Gasteiger partial charge in [0.15, 0.2) is 0 Å². The Hall–Kier alpha value is -1.57. The Morgan fingerprint density at radius 3 is 2.79 bits per heavy atom. The molecular formula is C11H8N3NaO4. The molecule has 1 aliphatic heterocycles. The summed E-state index contributed by atoms with van der Waals surface area (Å²) >= 11 is 0. The molecule has 1 aliphatic rings. The summed E-state index contributed by atoms with van der Waals surface area (Å²) in [4.78, 5) is 34.1. The first-order chi connectivity index (χ1) is 8.58. The van der Waals surface area contributed by atoms with Gasteiger partial charge in [0.1, 0.15) is 6.54 Å². The van der Waals surface area contributed by atoms with Crippen LogP contribution in [-0.2, 0) is 22.7 Å². The standard InChI is InChI=1S/C11H9N3O4.Na/c15-8-4-14-10-6(12-8)2-1-3-7(10)13(11(14)18)5-9(16)17;/h1-3H,4-5H2,(H,12,15)(H,16,17);/q;+1/p-1. The Labute approximate surface area is 129 Å². The molecule has 0 aliphatic carbocycles. The molecule has 7 nitrogen and oxygen atoms in total. The summed E-state index contributed by atoms with van der Waals surface area (Å²) in [5.74, 6) is -1.65. The van der Waals surface area contributed by atoms with Crippen LogP contribution in [0.25, 0.3) is 11.0 Å². The molecule has 0 saturated heterocycles. The van der Waals surface area contributed by atoms with E-state index in [4.69, 9.17) is 0 Å². The van der Waals surface area contributed by atoms with Gasteiger partial charge in [0.05, 0.1) is 29.2 Å². The van der Waals surface area contributed by atoms with Gasteiger partial charge in [0, 0.05) is 0 Å². The smallest absolute Gasteiger partial charge is 0.548 e. The summed E-state index contributed by atoms with van der Waals surface area (Å²) in [6.45, 7) is -0.633. The number of benzene rings is 1. The number of aromatic nitrogens is 2. The molecule has 19 heavy (non-hydrogen) atoms. The van der Waals surface area contributed by atoms with Gasteiger partial charge in [-0.3, -0.25) is 13.9 Å². The number of anilines is 1. The van der Waals surface area contributed by atoms with Crippen molar-refractivity contribution in [3.63, 3.8) is 0 Å². The van der Waals surface area contributed by atoms with Crippen LogP contribution >= 0.6 is 0 Å². The molecular weight excluding hydrogens is 261 g/mol. The Morgan fingerprint density at radius 1 is 1.37 bits per heavy atom. The molecule has 1 aromatic carbocycles. The second-order valence-corrected chi connectivity index (χ2v) is 4.05. The summed E-state index contributed by atoms with van der Waals surface area (Å²) in [5, 5.41) is 13.3. The van der Waals surface area contributed by atoms with Gasteiger partial charge in [0.2, 0.25) is 5.91 Å². The fourth-order valence-corrected chi connectivity index (χ4v) is 2.24. The quantitative estimate of drug-likeness (QED) is 0.556. The number of nitrogens with zero attached hydrogens (tertiary/aromatic N) is 2. The summed E-state index contributed by atoms with van der Waals surface area (Å²) in [6, 6.07) is 4.95. The van der Waals surface area contributed by atoms with Crippen LogP contribution < -0.4 is 45.7 Å². The second-order valence-electron chi connectivity index (χ2n) is 4.05. The SMILES string of the molecule is O=C([O-])Cn1c(=O)n2c3c(cccc31)NC(=O)C2.[Na+]. The van der Waals surface area contributed by atoms with Crippen LogP contribution in [0.3, 0.4) is 0 Å². The predicted molar refractivity (Wildman–Crippen MR) is 59.8 cm³/mol. The van der Waals surface area contributed by atoms with Gasteiger partial charge in [-0.25, -0.2) is 4.79 Å². The molecule has 0 fully saturated rings. The maximum atomic E-state index is 12.0. The van der Waals surface area contributed by atoms with E-state index >= 15 is 0 Å².